The van der Waals surface area contributed by atoms with Gasteiger partial charge in [0.15, 0.2) is 0 Å². The number of hydrogen-bond acceptors (Lipinski definition) is 4. The highest BCUT2D eigenvalue weighted by Crippen LogP contribution is 2.29. The molecule has 0 aliphatic carbocycles. The first kappa shape index (κ1) is 16.4. The number of fused-ring (bicyclic) bond motifs is 1. The molecule has 24 heavy (non-hydrogen) atoms. The van der Waals surface area contributed by atoms with E-state index in [1.807, 2.05) is 23.6 Å². The number of nitrogens with zero attached hydrogens (tertiary/aromatic N) is 2. The van der Waals surface area contributed by atoms with E-state index < -0.39 is 0 Å². The normalized spacial score (nSPS) is 13.3. The van der Waals surface area contributed by atoms with Crippen LogP contribution in [-0.2, 0) is 17.6 Å². The second-order valence-electron chi connectivity index (χ2n) is 5.73. The summed E-state index contributed by atoms with van der Waals surface area (Å²) in [5.41, 5.74) is 5.55. The van der Waals surface area contributed by atoms with Crippen molar-refractivity contribution in [1.29, 1.82) is 0 Å². The van der Waals surface area contributed by atoms with Crippen LogP contribution in [0.25, 0.3) is 0 Å². The number of hydrogen-bond donors (Lipinski definition) is 2. The fraction of sp³-hybridized carbons (Fsp3) is 0.353. The van der Waals surface area contributed by atoms with Gasteiger partial charge in [-0.25, -0.2) is 9.78 Å². The number of rotatable bonds is 4. The van der Waals surface area contributed by atoms with Crippen LogP contribution in [0.15, 0.2) is 29.1 Å². The van der Waals surface area contributed by atoms with Crippen LogP contribution >= 0.6 is 11.3 Å². The summed E-state index contributed by atoms with van der Waals surface area (Å²) in [6.07, 6.45) is 2.57. The van der Waals surface area contributed by atoms with Gasteiger partial charge >= 0.3 is 6.03 Å². The average molecular weight is 344 g/mol. The molecule has 1 aliphatic heterocycles. The van der Waals surface area contributed by atoms with Gasteiger partial charge in [0.05, 0.1) is 11.2 Å². The largest absolute Gasteiger partial charge is 0.337 e. The van der Waals surface area contributed by atoms with Crippen molar-refractivity contribution in [2.45, 2.75) is 26.2 Å². The van der Waals surface area contributed by atoms with Crippen molar-refractivity contribution in [3.05, 3.63) is 40.3 Å². The molecule has 0 saturated carbocycles. The minimum atomic E-state index is -0.232. The maximum Gasteiger partial charge on any atom is 0.319 e. The van der Waals surface area contributed by atoms with Gasteiger partial charge in [-0.2, -0.15) is 0 Å². The molecule has 0 atom stereocenters. The first-order valence-electron chi connectivity index (χ1n) is 7.96. The molecule has 3 rings (SSSR count). The first-order chi connectivity index (χ1) is 11.6. The van der Waals surface area contributed by atoms with Gasteiger partial charge in [-0.05, 0) is 36.6 Å². The number of aromatic nitrogens is 1. The number of nitrogens with one attached hydrogen (secondary N) is 2. The third-order valence-electron chi connectivity index (χ3n) is 3.99. The minimum absolute atomic E-state index is 0.0523. The molecule has 7 heteroatoms. The Hall–Kier alpha value is -2.41. The van der Waals surface area contributed by atoms with E-state index in [9.17, 15) is 9.59 Å². The Labute approximate surface area is 144 Å². The molecule has 6 nitrogen and oxygen atoms in total. The molecule has 2 aromatic rings. The summed E-state index contributed by atoms with van der Waals surface area (Å²) in [5.74, 6) is 0.0523. The Morgan fingerprint density at radius 1 is 1.38 bits per heavy atom. The van der Waals surface area contributed by atoms with Crippen LogP contribution in [0.3, 0.4) is 0 Å². The van der Waals surface area contributed by atoms with Crippen LogP contribution in [0.2, 0.25) is 0 Å². The van der Waals surface area contributed by atoms with Gasteiger partial charge < -0.3 is 15.5 Å². The number of carbonyl (C=O) groups excluding carboxylic acids is 2. The molecule has 3 amide bonds. The monoisotopic (exact) mass is 344 g/mol. The molecule has 0 unspecified atom stereocenters. The van der Waals surface area contributed by atoms with E-state index in [-0.39, 0.29) is 11.9 Å². The molecule has 2 heterocycles. The zero-order valence-corrected chi connectivity index (χ0v) is 14.4. The second kappa shape index (κ2) is 7.44. The summed E-state index contributed by atoms with van der Waals surface area (Å²) in [6, 6.07) is 5.45. The second-order valence-corrected chi connectivity index (χ2v) is 6.45. The molecule has 0 bridgehead atoms. The molecular weight excluding hydrogens is 324 g/mol. The lowest BCUT2D eigenvalue weighted by molar-refractivity contribution is -0.116. The lowest BCUT2D eigenvalue weighted by Crippen LogP contribution is -2.34. The summed E-state index contributed by atoms with van der Waals surface area (Å²) >= 11 is 1.55. The van der Waals surface area contributed by atoms with Crippen molar-refractivity contribution >= 4 is 34.6 Å². The van der Waals surface area contributed by atoms with Crippen LogP contribution in [0, 0.1) is 0 Å². The molecule has 1 aromatic carbocycles. The zero-order valence-electron chi connectivity index (χ0n) is 13.5. The Kier molecular flexibility index (Phi) is 5.10. The maximum absolute atomic E-state index is 12.0. The van der Waals surface area contributed by atoms with E-state index in [1.54, 1.807) is 28.7 Å². The lowest BCUT2D eigenvalue weighted by atomic mass is 10.0. The van der Waals surface area contributed by atoms with Crippen LogP contribution in [0.1, 0.15) is 24.6 Å². The third kappa shape index (κ3) is 3.91. The van der Waals surface area contributed by atoms with Gasteiger partial charge in [0.2, 0.25) is 5.91 Å². The SMILES string of the molecule is CC(=O)N1CCCc2cc(NC(=O)NCCc3cscn3)ccc21. The molecule has 0 fully saturated rings. The van der Waals surface area contributed by atoms with E-state index in [4.69, 9.17) is 0 Å². The minimum Gasteiger partial charge on any atom is -0.337 e. The average Bonchev–Trinajstić information content (AvgIpc) is 3.07. The van der Waals surface area contributed by atoms with Gasteiger partial charge in [-0.1, -0.05) is 0 Å². The number of carbonyl (C=O) groups is 2. The van der Waals surface area contributed by atoms with Crippen molar-refractivity contribution in [3.63, 3.8) is 0 Å². The van der Waals surface area contributed by atoms with Crippen molar-refractivity contribution in [3.8, 4) is 0 Å². The van der Waals surface area contributed by atoms with Crippen molar-refractivity contribution in [2.75, 3.05) is 23.3 Å². The Bertz CT molecular complexity index is 730. The topological polar surface area (TPSA) is 74.3 Å². The fourth-order valence-corrected chi connectivity index (χ4v) is 3.44. The molecule has 2 N–H and O–H groups in total. The van der Waals surface area contributed by atoms with E-state index in [0.717, 1.165) is 42.0 Å². The molecule has 0 radical (unpaired) electrons. The third-order valence-corrected chi connectivity index (χ3v) is 4.62. The van der Waals surface area contributed by atoms with E-state index in [2.05, 4.69) is 15.6 Å². The van der Waals surface area contributed by atoms with Gasteiger partial charge in [0, 0.05) is 43.2 Å². The maximum atomic E-state index is 12.0. The van der Waals surface area contributed by atoms with E-state index in [1.165, 1.54) is 0 Å². The fourth-order valence-electron chi connectivity index (χ4n) is 2.84. The molecule has 1 aliphatic rings. The van der Waals surface area contributed by atoms with Crippen LogP contribution < -0.4 is 15.5 Å². The highest BCUT2D eigenvalue weighted by molar-refractivity contribution is 7.07. The summed E-state index contributed by atoms with van der Waals surface area (Å²) < 4.78 is 0. The predicted octanol–water partition coefficient (Wildman–Crippen LogP) is 2.81. The Balaban J connectivity index is 1.57. The summed E-state index contributed by atoms with van der Waals surface area (Å²) in [6.45, 7) is 2.88. The van der Waals surface area contributed by atoms with Crippen molar-refractivity contribution in [1.82, 2.24) is 10.3 Å². The summed E-state index contributed by atoms with van der Waals surface area (Å²) in [5, 5.41) is 7.65. The number of anilines is 2. The molecule has 0 saturated heterocycles. The lowest BCUT2D eigenvalue weighted by Gasteiger charge is -2.29. The number of urea groups is 1. The predicted molar refractivity (Wildman–Crippen MR) is 95.6 cm³/mol. The van der Waals surface area contributed by atoms with E-state index in [0.29, 0.717) is 13.0 Å². The zero-order chi connectivity index (χ0) is 16.9. The molecule has 126 valence electrons. The van der Waals surface area contributed by atoms with Crippen LogP contribution in [0.4, 0.5) is 16.2 Å². The van der Waals surface area contributed by atoms with Crippen molar-refractivity contribution < 1.29 is 9.59 Å². The van der Waals surface area contributed by atoms with E-state index >= 15 is 0 Å². The highest BCUT2D eigenvalue weighted by atomic mass is 32.1. The molecule has 1 aromatic heterocycles. The number of amides is 3. The smallest absolute Gasteiger partial charge is 0.319 e. The standard InChI is InChI=1S/C17H20N4O2S/c1-12(22)21-8-2-3-13-9-14(4-5-16(13)21)20-17(23)18-7-6-15-10-24-11-19-15/h4-5,9-11H,2-3,6-8H2,1H3,(H2,18,20,23). The summed E-state index contributed by atoms with van der Waals surface area (Å²) in [4.78, 5) is 29.6. The summed E-state index contributed by atoms with van der Waals surface area (Å²) in [7, 11) is 0. The Morgan fingerprint density at radius 3 is 3.00 bits per heavy atom. The van der Waals surface area contributed by atoms with Crippen LogP contribution in [-0.4, -0.2) is 30.0 Å². The van der Waals surface area contributed by atoms with Gasteiger partial charge in [0.1, 0.15) is 0 Å². The first-order valence-corrected chi connectivity index (χ1v) is 8.91. The quantitative estimate of drug-likeness (QED) is 0.896. The Morgan fingerprint density at radius 2 is 2.25 bits per heavy atom. The van der Waals surface area contributed by atoms with Crippen LogP contribution in [0.5, 0.6) is 0 Å². The number of aryl methyl sites for hydroxylation is 1. The van der Waals surface area contributed by atoms with Gasteiger partial charge in [0.25, 0.3) is 0 Å². The van der Waals surface area contributed by atoms with Gasteiger partial charge in [-0.3, -0.25) is 4.79 Å². The number of benzene rings is 1. The van der Waals surface area contributed by atoms with Crippen molar-refractivity contribution in [2.24, 2.45) is 0 Å². The number of thiazole rings is 1. The van der Waals surface area contributed by atoms with Gasteiger partial charge in [-0.15, -0.1) is 11.3 Å². The molecular formula is C17H20N4O2S. The highest BCUT2D eigenvalue weighted by Gasteiger charge is 2.20. The molecule has 0 spiro atoms.